The van der Waals surface area contributed by atoms with Crippen molar-refractivity contribution in [3.8, 4) is 0 Å². The van der Waals surface area contributed by atoms with Crippen LogP contribution in [0.2, 0.25) is 0 Å². The van der Waals surface area contributed by atoms with Gasteiger partial charge in [0.25, 0.3) is 0 Å². The van der Waals surface area contributed by atoms with Crippen LogP contribution in [0.4, 0.5) is 13.2 Å². The van der Waals surface area contributed by atoms with E-state index in [1.807, 2.05) is 11.9 Å². The summed E-state index contributed by atoms with van der Waals surface area (Å²) in [7, 11) is 1.90. The van der Waals surface area contributed by atoms with Gasteiger partial charge in [-0.1, -0.05) is 38.1 Å². The lowest BCUT2D eigenvalue weighted by molar-refractivity contribution is -0.140. The van der Waals surface area contributed by atoms with Crippen molar-refractivity contribution < 1.29 is 23.1 Å². The summed E-state index contributed by atoms with van der Waals surface area (Å²) in [6.45, 7) is 4.44. The molecule has 4 aliphatic rings. The number of nitrogens with zero attached hydrogens (tertiary/aromatic N) is 1. The molecule has 6 heteroatoms. The largest absolute Gasteiger partial charge is 0.416 e. The summed E-state index contributed by atoms with van der Waals surface area (Å²) in [4.78, 5) is 14.2. The molecule has 33 heavy (non-hydrogen) atoms. The Kier molecular flexibility index (Phi) is 5.13. The molecule has 0 radical (unpaired) electrons. The van der Waals surface area contributed by atoms with Crippen molar-refractivity contribution in [2.24, 2.45) is 28.6 Å². The fourth-order valence-corrected chi connectivity index (χ4v) is 7.76. The van der Waals surface area contributed by atoms with Gasteiger partial charge in [-0.3, -0.25) is 4.79 Å². The van der Waals surface area contributed by atoms with Crippen LogP contribution in [-0.2, 0) is 11.0 Å². The van der Waals surface area contributed by atoms with Gasteiger partial charge in [-0.25, -0.2) is 0 Å². The van der Waals surface area contributed by atoms with Crippen molar-refractivity contribution in [2.45, 2.75) is 64.3 Å². The number of aliphatic hydroxyl groups is 1. The Morgan fingerprint density at radius 3 is 2.64 bits per heavy atom. The molecule has 0 saturated heterocycles. The van der Waals surface area contributed by atoms with E-state index in [0.717, 1.165) is 37.3 Å². The first kappa shape index (κ1) is 22.7. The van der Waals surface area contributed by atoms with Crippen molar-refractivity contribution in [1.29, 1.82) is 0 Å². The van der Waals surface area contributed by atoms with E-state index in [9.17, 15) is 23.1 Å². The molecule has 0 aromatic heterocycles. The Morgan fingerprint density at radius 1 is 1.15 bits per heavy atom. The van der Waals surface area contributed by atoms with E-state index in [1.165, 1.54) is 12.1 Å². The number of amides is 1. The van der Waals surface area contributed by atoms with Gasteiger partial charge in [0.05, 0.1) is 11.7 Å². The first-order chi connectivity index (χ1) is 15.4. The van der Waals surface area contributed by atoms with Crippen molar-refractivity contribution in [3.05, 3.63) is 53.1 Å². The first-order valence-corrected chi connectivity index (χ1v) is 12.0. The van der Waals surface area contributed by atoms with Crippen LogP contribution in [0.1, 0.15) is 57.1 Å². The summed E-state index contributed by atoms with van der Waals surface area (Å²) >= 11 is 0. The normalized spacial score (nSPS) is 41.7. The monoisotopic (exact) mass is 459 g/mol. The second-order valence-electron chi connectivity index (χ2n) is 11.1. The van der Waals surface area contributed by atoms with E-state index < -0.39 is 17.8 Å². The van der Waals surface area contributed by atoms with Gasteiger partial charge in [-0.15, -0.1) is 0 Å². The molecule has 1 aliphatic heterocycles. The van der Waals surface area contributed by atoms with Crippen molar-refractivity contribution in [3.63, 3.8) is 0 Å². The van der Waals surface area contributed by atoms with Gasteiger partial charge in [0.2, 0.25) is 5.91 Å². The predicted octanol–water partition coefficient (Wildman–Crippen LogP) is 5.70. The average Bonchev–Trinajstić information content (AvgIpc) is 3.01. The zero-order valence-electron chi connectivity index (χ0n) is 19.4. The van der Waals surface area contributed by atoms with E-state index in [0.29, 0.717) is 23.8 Å². The Balaban J connectivity index is 1.46. The number of alkyl halides is 3. The quantitative estimate of drug-likeness (QED) is 0.585. The van der Waals surface area contributed by atoms with Crippen LogP contribution in [0.25, 0.3) is 6.08 Å². The molecule has 7 atom stereocenters. The Labute approximate surface area is 193 Å². The Bertz CT molecular complexity index is 1030. The molecule has 1 heterocycles. The van der Waals surface area contributed by atoms with Crippen LogP contribution in [0, 0.1) is 28.6 Å². The van der Waals surface area contributed by atoms with Gasteiger partial charge in [-0.05, 0) is 79.2 Å². The molecule has 1 amide bonds. The SMILES string of the molecule is CN1C(=O)C=C[C@]2(C)[C@H]3CC[C@]4(C)[C@@H](O)C(=Cc5cccc(C(F)(F)F)c5)C[C@H]4[C@@H]3CC[C@@H]12. The van der Waals surface area contributed by atoms with Gasteiger partial charge >= 0.3 is 6.18 Å². The molecule has 5 rings (SSSR count). The van der Waals surface area contributed by atoms with E-state index in [2.05, 4.69) is 19.9 Å². The zero-order chi connectivity index (χ0) is 23.8. The second-order valence-corrected chi connectivity index (χ2v) is 11.1. The summed E-state index contributed by atoms with van der Waals surface area (Å²) < 4.78 is 39.5. The summed E-state index contributed by atoms with van der Waals surface area (Å²) in [5.74, 6) is 1.22. The summed E-state index contributed by atoms with van der Waals surface area (Å²) in [6.07, 6.45) is 5.14. The lowest BCUT2D eigenvalue weighted by Crippen LogP contribution is -2.59. The molecule has 0 bridgehead atoms. The number of halogens is 3. The third kappa shape index (κ3) is 3.39. The van der Waals surface area contributed by atoms with Gasteiger partial charge in [0.1, 0.15) is 0 Å². The number of hydrogen-bond acceptors (Lipinski definition) is 2. The lowest BCUT2D eigenvalue weighted by Gasteiger charge is -2.59. The fraction of sp³-hybridized carbons (Fsp3) is 0.593. The Morgan fingerprint density at radius 2 is 1.91 bits per heavy atom. The zero-order valence-corrected chi connectivity index (χ0v) is 19.4. The van der Waals surface area contributed by atoms with E-state index in [-0.39, 0.29) is 28.7 Å². The minimum absolute atomic E-state index is 0.0687. The fourth-order valence-electron chi connectivity index (χ4n) is 7.76. The van der Waals surface area contributed by atoms with Crippen molar-refractivity contribution in [2.75, 3.05) is 7.05 Å². The van der Waals surface area contributed by atoms with E-state index in [1.54, 1.807) is 18.2 Å². The topological polar surface area (TPSA) is 40.5 Å². The summed E-state index contributed by atoms with van der Waals surface area (Å²) in [5.41, 5.74) is 0.329. The minimum atomic E-state index is -4.38. The molecule has 3 nitrogen and oxygen atoms in total. The van der Waals surface area contributed by atoms with Gasteiger partial charge in [0.15, 0.2) is 0 Å². The minimum Gasteiger partial charge on any atom is -0.388 e. The summed E-state index contributed by atoms with van der Waals surface area (Å²) in [6, 6.07) is 5.55. The maximum Gasteiger partial charge on any atom is 0.416 e. The number of aliphatic hydroxyl groups excluding tert-OH is 1. The van der Waals surface area contributed by atoms with Crippen LogP contribution in [0.5, 0.6) is 0 Å². The highest BCUT2D eigenvalue weighted by Gasteiger charge is 2.61. The van der Waals surface area contributed by atoms with Crippen LogP contribution in [0.15, 0.2) is 42.0 Å². The highest BCUT2D eigenvalue weighted by atomic mass is 19.4. The summed E-state index contributed by atoms with van der Waals surface area (Å²) in [5, 5.41) is 11.3. The molecule has 0 unspecified atom stereocenters. The second kappa shape index (κ2) is 7.46. The lowest BCUT2D eigenvalue weighted by atomic mass is 9.48. The van der Waals surface area contributed by atoms with Gasteiger partial charge < -0.3 is 10.0 Å². The Hall–Kier alpha value is -2.08. The third-order valence-corrected chi connectivity index (χ3v) is 9.56. The maximum atomic E-state index is 13.2. The van der Waals surface area contributed by atoms with Gasteiger partial charge in [-0.2, -0.15) is 13.2 Å². The van der Waals surface area contributed by atoms with E-state index in [4.69, 9.17) is 0 Å². The number of fused-ring (bicyclic) bond motifs is 5. The molecule has 1 aromatic rings. The molecule has 1 N–H and O–H groups in total. The van der Waals surface area contributed by atoms with Crippen LogP contribution >= 0.6 is 0 Å². The average molecular weight is 460 g/mol. The molecule has 178 valence electrons. The highest BCUT2D eigenvalue weighted by Crippen LogP contribution is 2.65. The molecular weight excluding hydrogens is 427 g/mol. The van der Waals surface area contributed by atoms with Crippen LogP contribution < -0.4 is 0 Å². The molecule has 0 spiro atoms. The van der Waals surface area contributed by atoms with Crippen LogP contribution in [0.3, 0.4) is 0 Å². The number of hydrogen-bond donors (Lipinski definition) is 1. The predicted molar refractivity (Wildman–Crippen MR) is 121 cm³/mol. The molecule has 3 saturated carbocycles. The van der Waals surface area contributed by atoms with Gasteiger partial charge in [0, 0.05) is 23.9 Å². The van der Waals surface area contributed by atoms with Crippen LogP contribution in [-0.4, -0.2) is 35.1 Å². The van der Waals surface area contributed by atoms with Crippen molar-refractivity contribution >= 4 is 12.0 Å². The smallest absolute Gasteiger partial charge is 0.388 e. The van der Waals surface area contributed by atoms with E-state index >= 15 is 0 Å². The first-order valence-electron chi connectivity index (χ1n) is 12.0. The number of carbonyl (C=O) groups is 1. The molecule has 3 fully saturated rings. The maximum absolute atomic E-state index is 13.2. The third-order valence-electron chi connectivity index (χ3n) is 9.56. The van der Waals surface area contributed by atoms with Crippen molar-refractivity contribution in [1.82, 2.24) is 4.90 Å². The molecule has 3 aliphatic carbocycles. The number of benzene rings is 1. The number of likely N-dealkylation sites (N-methyl/N-ethyl adjacent to an activating group) is 1. The number of carbonyl (C=O) groups excluding carboxylic acids is 1. The highest BCUT2D eigenvalue weighted by molar-refractivity contribution is 5.89. The molecular formula is C27H32F3NO2. The standard InChI is InChI=1S/C27H32F3NO2/c1-25-12-10-23(32)31(3)22(25)8-7-19-20(25)9-11-26(2)21(19)15-17(24(26)33)13-16-5-4-6-18(14-16)27(28,29)30/h4-6,10,12-14,19-22,24,33H,7-9,11,15H2,1-3H3/t19-,20+,21+,22-,24+,25-,26+/m1/s1. The molecule has 1 aromatic carbocycles. The number of rotatable bonds is 1.